The van der Waals surface area contributed by atoms with Crippen molar-refractivity contribution in [2.45, 2.75) is 62.9 Å². The maximum atomic E-state index is 12.7. The standard InChI is InChI=1S/C20H30N2OS/c1-15(2)24-12-11-22-17-9-10-18(22)14-19(13-17)21(3)20(23)16-7-5-4-6-8-16/h4-8,15,17-19H,9-14H2,1-3H3. The Bertz CT molecular complexity index is 534. The molecule has 0 radical (unpaired) electrons. The van der Waals surface area contributed by atoms with Crippen LogP contribution in [-0.2, 0) is 0 Å². The van der Waals surface area contributed by atoms with Gasteiger partial charge >= 0.3 is 0 Å². The van der Waals surface area contributed by atoms with Gasteiger partial charge in [0.05, 0.1) is 0 Å². The highest BCUT2D eigenvalue weighted by Gasteiger charge is 2.42. The molecule has 2 unspecified atom stereocenters. The molecule has 0 N–H and O–H groups in total. The Kier molecular flexibility index (Phi) is 5.88. The van der Waals surface area contributed by atoms with Crippen molar-refractivity contribution in [3.8, 4) is 0 Å². The number of fused-ring (bicyclic) bond motifs is 2. The molecule has 2 heterocycles. The predicted octanol–water partition coefficient (Wildman–Crippen LogP) is 3.90. The van der Waals surface area contributed by atoms with E-state index in [0.717, 1.165) is 23.7 Å². The Morgan fingerprint density at radius 1 is 1.21 bits per heavy atom. The van der Waals surface area contributed by atoms with E-state index in [1.54, 1.807) is 0 Å². The van der Waals surface area contributed by atoms with E-state index < -0.39 is 0 Å². The van der Waals surface area contributed by atoms with Gasteiger partial charge in [0.2, 0.25) is 0 Å². The van der Waals surface area contributed by atoms with Crippen LogP contribution in [0.1, 0.15) is 49.9 Å². The number of hydrogen-bond acceptors (Lipinski definition) is 3. The summed E-state index contributed by atoms with van der Waals surface area (Å²) in [5.74, 6) is 1.40. The summed E-state index contributed by atoms with van der Waals surface area (Å²) in [7, 11) is 1.99. The van der Waals surface area contributed by atoms with Crippen molar-refractivity contribution in [3.63, 3.8) is 0 Å². The van der Waals surface area contributed by atoms with Gasteiger partial charge in [0.1, 0.15) is 0 Å². The molecule has 2 saturated heterocycles. The Morgan fingerprint density at radius 2 is 1.83 bits per heavy atom. The lowest BCUT2D eigenvalue weighted by Gasteiger charge is -2.42. The maximum absolute atomic E-state index is 12.7. The lowest BCUT2D eigenvalue weighted by molar-refractivity contribution is 0.0519. The molecular weight excluding hydrogens is 316 g/mol. The van der Waals surface area contributed by atoms with Gasteiger partial charge in [0.25, 0.3) is 5.91 Å². The predicted molar refractivity (Wildman–Crippen MR) is 103 cm³/mol. The van der Waals surface area contributed by atoms with Crippen LogP contribution in [0, 0.1) is 0 Å². The Morgan fingerprint density at radius 3 is 2.42 bits per heavy atom. The second kappa shape index (κ2) is 7.92. The third kappa shape index (κ3) is 3.97. The zero-order chi connectivity index (χ0) is 17.1. The van der Waals surface area contributed by atoms with Gasteiger partial charge < -0.3 is 4.90 Å². The van der Waals surface area contributed by atoms with Crippen molar-refractivity contribution in [1.29, 1.82) is 0 Å². The quantitative estimate of drug-likeness (QED) is 0.780. The minimum Gasteiger partial charge on any atom is -0.339 e. The highest BCUT2D eigenvalue weighted by Crippen LogP contribution is 2.37. The summed E-state index contributed by atoms with van der Waals surface area (Å²) >= 11 is 2.06. The molecule has 0 saturated carbocycles. The zero-order valence-electron chi connectivity index (χ0n) is 15.1. The molecule has 0 aromatic heterocycles. The molecule has 4 heteroatoms. The van der Waals surface area contributed by atoms with Gasteiger partial charge in [-0.2, -0.15) is 11.8 Å². The van der Waals surface area contributed by atoms with Gasteiger partial charge in [0, 0.05) is 43.0 Å². The van der Waals surface area contributed by atoms with Crippen molar-refractivity contribution in [1.82, 2.24) is 9.80 Å². The van der Waals surface area contributed by atoms with E-state index in [9.17, 15) is 4.79 Å². The molecule has 2 fully saturated rings. The smallest absolute Gasteiger partial charge is 0.253 e. The summed E-state index contributed by atoms with van der Waals surface area (Å²) < 4.78 is 0. The largest absolute Gasteiger partial charge is 0.339 e. The van der Waals surface area contributed by atoms with Crippen molar-refractivity contribution in [2.24, 2.45) is 0 Å². The van der Waals surface area contributed by atoms with Gasteiger partial charge in [-0.15, -0.1) is 0 Å². The summed E-state index contributed by atoms with van der Waals surface area (Å²) in [6, 6.07) is 11.4. The van der Waals surface area contributed by atoms with Crippen LogP contribution in [0.15, 0.2) is 30.3 Å². The van der Waals surface area contributed by atoms with E-state index >= 15 is 0 Å². The fourth-order valence-corrected chi connectivity index (χ4v) is 5.06. The summed E-state index contributed by atoms with van der Waals surface area (Å²) in [5.41, 5.74) is 0.808. The molecule has 24 heavy (non-hydrogen) atoms. The van der Waals surface area contributed by atoms with E-state index in [-0.39, 0.29) is 5.91 Å². The number of thioether (sulfide) groups is 1. The minimum atomic E-state index is 0.170. The van der Waals surface area contributed by atoms with E-state index in [4.69, 9.17) is 0 Å². The van der Waals surface area contributed by atoms with Gasteiger partial charge in [-0.3, -0.25) is 9.69 Å². The first-order valence-corrected chi connectivity index (χ1v) is 10.3. The Labute approximate surface area is 150 Å². The van der Waals surface area contributed by atoms with E-state index in [1.807, 2.05) is 42.3 Å². The molecule has 2 aliphatic rings. The molecule has 132 valence electrons. The fourth-order valence-electron chi connectivity index (χ4n) is 4.27. The third-order valence-corrected chi connectivity index (χ3v) is 6.63. The SMILES string of the molecule is CC(C)SCCN1C2CCC1CC(N(C)C(=O)c1ccccc1)C2. The first kappa shape index (κ1) is 17.8. The molecule has 1 aromatic carbocycles. The van der Waals surface area contributed by atoms with Crippen LogP contribution in [0.4, 0.5) is 0 Å². The van der Waals surface area contributed by atoms with Crippen LogP contribution in [0.3, 0.4) is 0 Å². The Balaban J connectivity index is 1.58. The lowest BCUT2D eigenvalue weighted by atomic mass is 9.95. The number of benzene rings is 1. The van der Waals surface area contributed by atoms with E-state index in [0.29, 0.717) is 18.1 Å². The molecule has 0 spiro atoms. The molecule has 1 amide bonds. The number of carbonyl (C=O) groups is 1. The molecule has 1 aromatic rings. The zero-order valence-corrected chi connectivity index (χ0v) is 16.0. The number of carbonyl (C=O) groups excluding carboxylic acids is 1. The van der Waals surface area contributed by atoms with Crippen LogP contribution in [0.25, 0.3) is 0 Å². The normalized spacial score (nSPS) is 26.8. The number of amides is 1. The third-order valence-electron chi connectivity index (χ3n) is 5.55. The molecular formula is C20H30N2OS. The molecule has 3 nitrogen and oxygen atoms in total. The average molecular weight is 347 g/mol. The van der Waals surface area contributed by atoms with Gasteiger partial charge in [-0.05, 0) is 43.1 Å². The van der Waals surface area contributed by atoms with Gasteiger partial charge in [0.15, 0.2) is 0 Å². The molecule has 2 atom stereocenters. The molecule has 2 bridgehead atoms. The van der Waals surface area contributed by atoms with Crippen molar-refractivity contribution in [2.75, 3.05) is 19.3 Å². The van der Waals surface area contributed by atoms with Crippen molar-refractivity contribution < 1.29 is 4.79 Å². The van der Waals surface area contributed by atoms with Crippen molar-refractivity contribution >= 4 is 17.7 Å². The van der Waals surface area contributed by atoms with Crippen molar-refractivity contribution in [3.05, 3.63) is 35.9 Å². The van der Waals surface area contributed by atoms with Crippen LogP contribution >= 0.6 is 11.8 Å². The first-order chi connectivity index (χ1) is 11.6. The van der Waals surface area contributed by atoms with E-state index in [1.165, 1.54) is 25.1 Å². The fraction of sp³-hybridized carbons (Fsp3) is 0.650. The number of hydrogen-bond donors (Lipinski definition) is 0. The van der Waals surface area contributed by atoms with E-state index in [2.05, 4.69) is 30.5 Å². The monoisotopic (exact) mass is 346 g/mol. The second-order valence-corrected chi connectivity index (χ2v) is 9.13. The second-order valence-electron chi connectivity index (χ2n) is 7.45. The van der Waals surface area contributed by atoms with Crippen LogP contribution in [-0.4, -0.2) is 58.4 Å². The highest BCUT2D eigenvalue weighted by atomic mass is 32.2. The number of piperidine rings is 1. The minimum absolute atomic E-state index is 0.170. The van der Waals surface area contributed by atoms with Crippen LogP contribution in [0.5, 0.6) is 0 Å². The average Bonchev–Trinajstić information content (AvgIpc) is 2.82. The molecule has 0 aliphatic carbocycles. The number of nitrogens with zero attached hydrogens (tertiary/aromatic N) is 2. The Hall–Kier alpha value is -1.00. The van der Waals surface area contributed by atoms with Gasteiger partial charge in [-0.25, -0.2) is 0 Å². The highest BCUT2D eigenvalue weighted by molar-refractivity contribution is 7.99. The lowest BCUT2D eigenvalue weighted by Crippen LogP contribution is -2.51. The topological polar surface area (TPSA) is 23.6 Å². The number of rotatable bonds is 6. The summed E-state index contributed by atoms with van der Waals surface area (Å²) in [5, 5.41) is 0.717. The summed E-state index contributed by atoms with van der Waals surface area (Å²) in [6.07, 6.45) is 4.89. The van der Waals surface area contributed by atoms with Gasteiger partial charge in [-0.1, -0.05) is 32.0 Å². The molecule has 3 rings (SSSR count). The van der Waals surface area contributed by atoms with Crippen LogP contribution < -0.4 is 0 Å². The maximum Gasteiger partial charge on any atom is 0.253 e. The molecule has 2 aliphatic heterocycles. The summed E-state index contributed by atoms with van der Waals surface area (Å²) in [4.78, 5) is 17.4. The summed E-state index contributed by atoms with van der Waals surface area (Å²) in [6.45, 7) is 5.76. The first-order valence-electron chi connectivity index (χ1n) is 9.26. The van der Waals surface area contributed by atoms with Crippen LogP contribution in [0.2, 0.25) is 0 Å².